The van der Waals surface area contributed by atoms with Gasteiger partial charge >= 0.3 is 0 Å². The molecule has 3 rings (SSSR count). The number of halogens is 1. The molecule has 198 valence electrons. The lowest BCUT2D eigenvalue weighted by Gasteiger charge is -2.25. The summed E-state index contributed by atoms with van der Waals surface area (Å²) in [5.41, 5.74) is 2.79. The van der Waals surface area contributed by atoms with E-state index in [4.69, 9.17) is 0 Å². The van der Waals surface area contributed by atoms with E-state index in [0.29, 0.717) is 17.4 Å². The van der Waals surface area contributed by atoms with Gasteiger partial charge in [-0.3, -0.25) is 9.52 Å². The third-order valence-electron chi connectivity index (χ3n) is 6.76. The number of carbonyl (C=O) groups is 1. The number of amides is 1. The van der Waals surface area contributed by atoms with E-state index < -0.39 is 21.8 Å². The number of anilines is 1. The normalized spacial score (nSPS) is 15.9. The van der Waals surface area contributed by atoms with Crippen molar-refractivity contribution in [1.82, 2.24) is 5.32 Å². The highest BCUT2D eigenvalue weighted by Crippen LogP contribution is 2.37. The molecule has 0 spiro atoms. The van der Waals surface area contributed by atoms with Crippen molar-refractivity contribution in [3.8, 4) is 0 Å². The molecule has 36 heavy (non-hydrogen) atoms. The molecule has 1 atom stereocenters. The van der Waals surface area contributed by atoms with Gasteiger partial charge in [0.05, 0.1) is 17.4 Å². The molecule has 5 nitrogen and oxygen atoms in total. The molecule has 0 aliphatic heterocycles. The van der Waals surface area contributed by atoms with E-state index in [2.05, 4.69) is 49.0 Å². The first-order chi connectivity index (χ1) is 16.9. The van der Waals surface area contributed by atoms with Crippen LogP contribution in [0.2, 0.25) is 0 Å². The maximum absolute atomic E-state index is 14.5. The fraction of sp³-hybridized carbons (Fsp3) is 0.536. The summed E-state index contributed by atoms with van der Waals surface area (Å²) in [6.07, 6.45) is 6.31. The molecular weight excluding hydrogens is 495 g/mol. The van der Waals surface area contributed by atoms with E-state index in [9.17, 15) is 17.6 Å². The number of hydrogen-bond acceptors (Lipinski definition) is 4. The summed E-state index contributed by atoms with van der Waals surface area (Å²) in [5, 5.41) is 3.63. The average molecular weight is 535 g/mol. The molecule has 1 fully saturated rings. The molecule has 0 aromatic heterocycles. The summed E-state index contributed by atoms with van der Waals surface area (Å²) >= 11 is 1.93. The Balaban J connectivity index is 1.72. The summed E-state index contributed by atoms with van der Waals surface area (Å²) in [6.45, 7) is 10.2. The van der Waals surface area contributed by atoms with Crippen LogP contribution in [0, 0.1) is 5.82 Å². The Morgan fingerprint density at radius 1 is 1.11 bits per heavy atom. The molecule has 1 aliphatic carbocycles. The van der Waals surface area contributed by atoms with Crippen molar-refractivity contribution in [3.63, 3.8) is 0 Å². The highest BCUT2D eigenvalue weighted by atomic mass is 32.2. The fourth-order valence-corrected chi connectivity index (χ4v) is 6.31. The Morgan fingerprint density at radius 3 is 2.42 bits per heavy atom. The van der Waals surface area contributed by atoms with Crippen molar-refractivity contribution in [1.29, 1.82) is 0 Å². The summed E-state index contributed by atoms with van der Waals surface area (Å²) in [6, 6.07) is 10.7. The summed E-state index contributed by atoms with van der Waals surface area (Å²) in [5.74, 6) is -1.64. The van der Waals surface area contributed by atoms with Gasteiger partial charge in [-0.05, 0) is 67.0 Å². The third kappa shape index (κ3) is 7.72. The van der Waals surface area contributed by atoms with Crippen LogP contribution in [-0.4, -0.2) is 25.3 Å². The molecule has 0 saturated heterocycles. The highest BCUT2D eigenvalue weighted by molar-refractivity contribution is 8.00. The van der Waals surface area contributed by atoms with Gasteiger partial charge in [-0.2, -0.15) is 0 Å². The SMILES string of the molecule is CCS(=O)(=O)Nc1ccc(C(C)C(=O)NCc2ccc(C(C)(C)C)cc2SC2CCCCC2)cc1F. The monoisotopic (exact) mass is 534 g/mol. The Morgan fingerprint density at radius 2 is 1.81 bits per heavy atom. The number of sulfonamides is 1. The average Bonchev–Trinajstić information content (AvgIpc) is 2.83. The smallest absolute Gasteiger partial charge is 0.232 e. The second-order valence-electron chi connectivity index (χ2n) is 10.6. The molecule has 2 aromatic carbocycles. The first-order valence-electron chi connectivity index (χ1n) is 12.8. The van der Waals surface area contributed by atoms with Crippen molar-refractivity contribution in [2.24, 2.45) is 0 Å². The van der Waals surface area contributed by atoms with Gasteiger partial charge < -0.3 is 5.32 Å². The Hall–Kier alpha value is -2.06. The lowest BCUT2D eigenvalue weighted by molar-refractivity contribution is -0.122. The van der Waals surface area contributed by atoms with Crippen LogP contribution in [0.15, 0.2) is 41.3 Å². The van der Waals surface area contributed by atoms with Crippen molar-refractivity contribution in [3.05, 3.63) is 58.9 Å². The third-order valence-corrected chi connectivity index (χ3v) is 9.49. The number of thioether (sulfide) groups is 1. The fourth-order valence-electron chi connectivity index (χ4n) is 4.25. The van der Waals surface area contributed by atoms with Crippen LogP contribution in [-0.2, 0) is 26.8 Å². The van der Waals surface area contributed by atoms with Gasteiger partial charge in [-0.15, -0.1) is 11.8 Å². The molecule has 1 unspecified atom stereocenters. The minimum Gasteiger partial charge on any atom is -0.351 e. The maximum atomic E-state index is 14.5. The van der Waals surface area contributed by atoms with Gasteiger partial charge in [0.25, 0.3) is 0 Å². The van der Waals surface area contributed by atoms with Gasteiger partial charge in [0.1, 0.15) is 5.82 Å². The van der Waals surface area contributed by atoms with Gasteiger partial charge in [-0.25, -0.2) is 12.8 Å². The van der Waals surface area contributed by atoms with Crippen molar-refractivity contribution in [2.75, 3.05) is 10.5 Å². The molecule has 1 aliphatic rings. The van der Waals surface area contributed by atoms with E-state index in [1.165, 1.54) is 61.6 Å². The molecule has 0 heterocycles. The van der Waals surface area contributed by atoms with Gasteiger partial charge in [-0.1, -0.05) is 58.2 Å². The van der Waals surface area contributed by atoms with Crippen LogP contribution in [0.1, 0.15) is 89.3 Å². The minimum absolute atomic E-state index is 0.0414. The van der Waals surface area contributed by atoms with Crippen LogP contribution in [0.4, 0.5) is 10.1 Å². The Kier molecular flexibility index (Phi) is 9.50. The zero-order chi connectivity index (χ0) is 26.5. The zero-order valence-corrected chi connectivity index (χ0v) is 23.6. The standard InChI is InChI=1S/C28H39FN2O3S2/c1-6-36(33,34)31-25-15-13-20(16-24(25)29)19(2)27(32)30-18-21-12-14-22(28(3,4)5)17-26(21)35-23-10-8-7-9-11-23/h12-17,19,23,31H,6-11,18H2,1-5H3,(H,30,32). The molecular formula is C28H39FN2O3S2. The van der Waals surface area contributed by atoms with Crippen molar-refractivity contribution >= 4 is 33.4 Å². The number of rotatable bonds is 9. The van der Waals surface area contributed by atoms with Crippen molar-refractivity contribution < 1.29 is 17.6 Å². The van der Waals surface area contributed by atoms with Crippen LogP contribution < -0.4 is 10.0 Å². The highest BCUT2D eigenvalue weighted by Gasteiger charge is 2.22. The number of nitrogens with one attached hydrogen (secondary N) is 2. The van der Waals surface area contributed by atoms with E-state index in [1.54, 1.807) is 13.0 Å². The van der Waals surface area contributed by atoms with Crippen LogP contribution in [0.5, 0.6) is 0 Å². The number of benzene rings is 2. The van der Waals surface area contributed by atoms with E-state index >= 15 is 0 Å². The lowest BCUT2D eigenvalue weighted by Crippen LogP contribution is -2.28. The largest absolute Gasteiger partial charge is 0.351 e. The quantitative estimate of drug-likeness (QED) is 0.374. The van der Waals surface area contributed by atoms with Crippen LogP contribution in [0.3, 0.4) is 0 Å². The second kappa shape index (κ2) is 12.0. The number of carbonyl (C=O) groups excluding carboxylic acids is 1. The van der Waals surface area contributed by atoms with Crippen molar-refractivity contribution in [2.45, 2.75) is 94.7 Å². The predicted molar refractivity (Wildman–Crippen MR) is 148 cm³/mol. The molecule has 2 aromatic rings. The topological polar surface area (TPSA) is 75.3 Å². The van der Waals surface area contributed by atoms with E-state index in [-0.39, 0.29) is 22.8 Å². The lowest BCUT2D eigenvalue weighted by atomic mass is 9.86. The molecule has 0 bridgehead atoms. The van der Waals surface area contributed by atoms with E-state index in [1.807, 2.05) is 11.8 Å². The predicted octanol–water partition coefficient (Wildman–Crippen LogP) is 6.73. The van der Waals surface area contributed by atoms with E-state index in [0.717, 1.165) is 5.56 Å². The zero-order valence-electron chi connectivity index (χ0n) is 22.0. The molecule has 0 radical (unpaired) electrons. The maximum Gasteiger partial charge on any atom is 0.232 e. The van der Waals surface area contributed by atoms with Gasteiger partial charge in [0.2, 0.25) is 15.9 Å². The first-order valence-corrected chi connectivity index (χ1v) is 15.3. The summed E-state index contributed by atoms with van der Waals surface area (Å²) < 4.78 is 40.3. The minimum atomic E-state index is -3.58. The second-order valence-corrected chi connectivity index (χ2v) is 14.0. The Bertz CT molecular complexity index is 1170. The van der Waals surface area contributed by atoms with Gasteiger partial charge in [0, 0.05) is 16.7 Å². The molecule has 1 amide bonds. The molecule has 2 N–H and O–H groups in total. The van der Waals surface area contributed by atoms with Crippen LogP contribution >= 0.6 is 11.8 Å². The number of hydrogen-bond donors (Lipinski definition) is 2. The molecule has 8 heteroatoms. The first kappa shape index (κ1) is 28.5. The summed E-state index contributed by atoms with van der Waals surface area (Å²) in [4.78, 5) is 14.2. The van der Waals surface area contributed by atoms with Crippen LogP contribution in [0.25, 0.3) is 0 Å². The summed E-state index contributed by atoms with van der Waals surface area (Å²) in [7, 11) is -3.58. The Labute approximate surface area is 220 Å². The molecule has 1 saturated carbocycles. The van der Waals surface area contributed by atoms with Gasteiger partial charge in [0.15, 0.2) is 0 Å².